The van der Waals surface area contributed by atoms with E-state index < -0.39 is 0 Å². The van der Waals surface area contributed by atoms with Gasteiger partial charge in [0, 0.05) is 37.6 Å². The molecule has 0 aliphatic heterocycles. The van der Waals surface area contributed by atoms with Gasteiger partial charge in [-0.15, -0.1) is 0 Å². The molecular weight excluding hydrogens is 260 g/mol. The molecule has 21 heavy (non-hydrogen) atoms. The molecule has 2 aromatic rings. The highest BCUT2D eigenvalue weighted by atomic mass is 15.3. The molecule has 1 heterocycles. The zero-order valence-corrected chi connectivity index (χ0v) is 13.5. The summed E-state index contributed by atoms with van der Waals surface area (Å²) in [5.74, 6) is 0. The minimum Gasteiger partial charge on any atom is -0.363 e. The summed E-state index contributed by atoms with van der Waals surface area (Å²) in [4.78, 5) is 2.36. The molecule has 1 aromatic carbocycles. The molecule has 1 aromatic heterocycles. The fourth-order valence-corrected chi connectivity index (χ4v) is 2.85. The molecule has 0 saturated heterocycles. The summed E-state index contributed by atoms with van der Waals surface area (Å²) in [6, 6.07) is 8.80. The van der Waals surface area contributed by atoms with Gasteiger partial charge in [-0.1, -0.05) is 24.6 Å². The second kappa shape index (κ2) is 6.76. The summed E-state index contributed by atoms with van der Waals surface area (Å²) in [6.07, 6.45) is 3.03. The number of rotatable bonds is 6. The first-order valence-electron chi connectivity index (χ1n) is 7.66. The first kappa shape index (κ1) is 15.6. The predicted octanol–water partition coefficient (Wildman–Crippen LogP) is 2.82. The molecule has 0 aliphatic rings. The Balaban J connectivity index is 2.39. The minimum absolute atomic E-state index is 0.168. The molecule has 4 heteroatoms. The average molecular weight is 286 g/mol. The fraction of sp³-hybridized carbons (Fsp3) is 0.471. The van der Waals surface area contributed by atoms with Gasteiger partial charge in [-0.2, -0.15) is 5.10 Å². The van der Waals surface area contributed by atoms with Crippen molar-refractivity contribution in [2.45, 2.75) is 33.2 Å². The molecule has 0 amide bonds. The Bertz CT molecular complexity index is 571. The van der Waals surface area contributed by atoms with Crippen LogP contribution in [0, 0.1) is 6.92 Å². The number of nitrogens with zero attached hydrogens (tertiary/aromatic N) is 3. The third-order valence-corrected chi connectivity index (χ3v) is 3.94. The second-order valence-corrected chi connectivity index (χ2v) is 5.43. The van der Waals surface area contributed by atoms with Crippen molar-refractivity contribution in [3.63, 3.8) is 0 Å². The molecule has 2 N–H and O–H groups in total. The molecular formula is C17H26N4. The van der Waals surface area contributed by atoms with Crippen LogP contribution in [-0.4, -0.2) is 22.9 Å². The lowest BCUT2D eigenvalue weighted by Gasteiger charge is -2.32. The maximum absolute atomic E-state index is 6.10. The standard InChI is InChI=1S/C17H26N4/c1-5-16-15(12-20(4)19-16)17(11-18)21(6-2)14-9-7-13(3)8-10-14/h7-10,12,17H,5-6,11,18H2,1-4H3. The van der Waals surface area contributed by atoms with Gasteiger partial charge in [0.25, 0.3) is 0 Å². The molecule has 0 fully saturated rings. The fourth-order valence-electron chi connectivity index (χ4n) is 2.85. The van der Waals surface area contributed by atoms with Crippen LogP contribution in [0.3, 0.4) is 0 Å². The maximum Gasteiger partial charge on any atom is 0.0698 e. The van der Waals surface area contributed by atoms with Gasteiger partial charge >= 0.3 is 0 Å². The monoisotopic (exact) mass is 286 g/mol. The van der Waals surface area contributed by atoms with Crippen molar-refractivity contribution < 1.29 is 0 Å². The van der Waals surface area contributed by atoms with Crippen molar-refractivity contribution in [2.75, 3.05) is 18.0 Å². The molecule has 4 nitrogen and oxygen atoms in total. The number of anilines is 1. The van der Waals surface area contributed by atoms with E-state index in [1.807, 2.05) is 11.7 Å². The van der Waals surface area contributed by atoms with Gasteiger partial charge in [0.05, 0.1) is 11.7 Å². The third-order valence-electron chi connectivity index (χ3n) is 3.94. The van der Waals surface area contributed by atoms with Gasteiger partial charge in [0.15, 0.2) is 0 Å². The van der Waals surface area contributed by atoms with Crippen LogP contribution in [0.1, 0.15) is 36.7 Å². The SMILES string of the molecule is CCc1nn(C)cc1C(CN)N(CC)c1ccc(C)cc1. The van der Waals surface area contributed by atoms with Crippen LogP contribution in [0.5, 0.6) is 0 Å². The van der Waals surface area contributed by atoms with Gasteiger partial charge in [-0.25, -0.2) is 0 Å². The zero-order valence-electron chi connectivity index (χ0n) is 13.5. The summed E-state index contributed by atoms with van der Waals surface area (Å²) in [6.45, 7) is 7.92. The van der Waals surface area contributed by atoms with Crippen molar-refractivity contribution >= 4 is 5.69 Å². The summed E-state index contributed by atoms with van der Waals surface area (Å²) in [7, 11) is 1.97. The Labute approximate surface area is 127 Å². The summed E-state index contributed by atoms with van der Waals surface area (Å²) in [5.41, 5.74) is 11.0. The molecule has 0 spiro atoms. The van der Waals surface area contributed by atoms with Gasteiger partial charge in [0.1, 0.15) is 0 Å². The molecule has 1 unspecified atom stereocenters. The van der Waals surface area contributed by atoms with E-state index in [0.717, 1.165) is 18.7 Å². The van der Waals surface area contributed by atoms with E-state index in [-0.39, 0.29) is 6.04 Å². The van der Waals surface area contributed by atoms with E-state index in [1.165, 1.54) is 16.8 Å². The number of likely N-dealkylation sites (N-methyl/N-ethyl adjacent to an activating group) is 1. The van der Waals surface area contributed by atoms with Crippen molar-refractivity contribution in [1.29, 1.82) is 0 Å². The highest BCUT2D eigenvalue weighted by molar-refractivity contribution is 5.50. The number of nitrogens with two attached hydrogens (primary N) is 1. The number of aryl methyl sites for hydroxylation is 3. The third kappa shape index (κ3) is 3.27. The first-order valence-corrected chi connectivity index (χ1v) is 7.66. The van der Waals surface area contributed by atoms with Gasteiger partial charge < -0.3 is 10.6 Å². The van der Waals surface area contributed by atoms with Gasteiger partial charge in [0.2, 0.25) is 0 Å². The van der Waals surface area contributed by atoms with E-state index in [1.54, 1.807) is 0 Å². The molecule has 1 atom stereocenters. The number of hydrogen-bond donors (Lipinski definition) is 1. The Morgan fingerprint density at radius 1 is 1.24 bits per heavy atom. The van der Waals surface area contributed by atoms with Crippen LogP contribution < -0.4 is 10.6 Å². The zero-order chi connectivity index (χ0) is 15.4. The predicted molar refractivity (Wildman–Crippen MR) is 88.6 cm³/mol. The molecule has 114 valence electrons. The number of hydrogen-bond acceptors (Lipinski definition) is 3. The van der Waals surface area contributed by atoms with E-state index in [0.29, 0.717) is 6.54 Å². The van der Waals surface area contributed by atoms with Gasteiger partial charge in [-0.3, -0.25) is 4.68 Å². The van der Waals surface area contributed by atoms with E-state index in [2.05, 4.69) is 61.2 Å². The van der Waals surface area contributed by atoms with Crippen LogP contribution >= 0.6 is 0 Å². The lowest BCUT2D eigenvalue weighted by atomic mass is 10.0. The quantitative estimate of drug-likeness (QED) is 0.888. The minimum atomic E-state index is 0.168. The first-order chi connectivity index (χ1) is 10.1. The summed E-state index contributed by atoms with van der Waals surface area (Å²) < 4.78 is 1.89. The van der Waals surface area contributed by atoms with Crippen LogP contribution in [0.2, 0.25) is 0 Å². The maximum atomic E-state index is 6.10. The molecule has 2 rings (SSSR count). The van der Waals surface area contributed by atoms with Crippen LogP contribution in [-0.2, 0) is 13.5 Å². The van der Waals surface area contributed by atoms with Gasteiger partial charge in [-0.05, 0) is 32.4 Å². The lowest BCUT2D eigenvalue weighted by Crippen LogP contribution is -2.34. The normalized spacial score (nSPS) is 12.4. The van der Waals surface area contributed by atoms with Crippen LogP contribution in [0.4, 0.5) is 5.69 Å². The van der Waals surface area contributed by atoms with Crippen molar-refractivity contribution in [1.82, 2.24) is 9.78 Å². The lowest BCUT2D eigenvalue weighted by molar-refractivity contribution is 0.637. The largest absolute Gasteiger partial charge is 0.363 e. The van der Waals surface area contributed by atoms with E-state index >= 15 is 0 Å². The van der Waals surface area contributed by atoms with Crippen molar-refractivity contribution in [3.8, 4) is 0 Å². The van der Waals surface area contributed by atoms with Crippen molar-refractivity contribution in [2.24, 2.45) is 12.8 Å². The van der Waals surface area contributed by atoms with Crippen LogP contribution in [0.25, 0.3) is 0 Å². The second-order valence-electron chi connectivity index (χ2n) is 5.43. The molecule has 0 aliphatic carbocycles. The number of benzene rings is 1. The Kier molecular flexibility index (Phi) is 5.02. The van der Waals surface area contributed by atoms with Crippen molar-refractivity contribution in [3.05, 3.63) is 47.3 Å². The Hall–Kier alpha value is -1.81. The number of aromatic nitrogens is 2. The average Bonchev–Trinajstić information content (AvgIpc) is 2.86. The Morgan fingerprint density at radius 3 is 2.43 bits per heavy atom. The summed E-state index contributed by atoms with van der Waals surface area (Å²) >= 11 is 0. The topological polar surface area (TPSA) is 47.1 Å². The Morgan fingerprint density at radius 2 is 1.90 bits per heavy atom. The molecule has 0 bridgehead atoms. The highest BCUT2D eigenvalue weighted by Crippen LogP contribution is 2.28. The van der Waals surface area contributed by atoms with Crippen LogP contribution in [0.15, 0.2) is 30.5 Å². The smallest absolute Gasteiger partial charge is 0.0698 e. The molecule has 0 saturated carbocycles. The molecule has 0 radical (unpaired) electrons. The van der Waals surface area contributed by atoms with E-state index in [9.17, 15) is 0 Å². The summed E-state index contributed by atoms with van der Waals surface area (Å²) in [5, 5.41) is 4.56. The highest BCUT2D eigenvalue weighted by Gasteiger charge is 2.22. The van der Waals surface area contributed by atoms with E-state index in [4.69, 9.17) is 5.73 Å².